The Labute approximate surface area is 127 Å². The maximum atomic E-state index is 12.2. The van der Waals surface area contributed by atoms with E-state index in [4.69, 9.17) is 5.73 Å². The molecule has 3 unspecified atom stereocenters. The van der Waals surface area contributed by atoms with E-state index in [9.17, 15) is 4.79 Å². The molecule has 0 radical (unpaired) electrons. The number of hydrogen-bond acceptors (Lipinski definition) is 3. The predicted octanol–water partition coefficient (Wildman–Crippen LogP) is 1.84. The molecule has 21 heavy (non-hydrogen) atoms. The van der Waals surface area contributed by atoms with Gasteiger partial charge >= 0.3 is 0 Å². The number of nitrogens with one attached hydrogen (secondary N) is 1. The molecular formula is C17H27N3O. The molecule has 1 fully saturated rings. The fraction of sp³-hybridized carbons (Fsp3) is 0.588. The highest BCUT2D eigenvalue weighted by atomic mass is 16.2. The Morgan fingerprint density at radius 1 is 1.48 bits per heavy atom. The molecule has 0 aliphatic carbocycles. The molecule has 0 spiro atoms. The number of carbonyl (C=O) groups excluding carboxylic acids is 1. The summed E-state index contributed by atoms with van der Waals surface area (Å²) in [5, 5.41) is 3.09. The van der Waals surface area contributed by atoms with Crippen molar-refractivity contribution in [1.82, 2.24) is 10.2 Å². The minimum atomic E-state index is 0.0380. The van der Waals surface area contributed by atoms with E-state index in [1.54, 1.807) is 0 Å². The van der Waals surface area contributed by atoms with Gasteiger partial charge in [0.1, 0.15) is 0 Å². The van der Waals surface area contributed by atoms with E-state index in [-0.39, 0.29) is 18.0 Å². The Balaban J connectivity index is 1.86. The van der Waals surface area contributed by atoms with Crippen LogP contribution in [0.15, 0.2) is 24.3 Å². The van der Waals surface area contributed by atoms with Crippen molar-refractivity contribution in [2.75, 3.05) is 19.6 Å². The van der Waals surface area contributed by atoms with Crippen LogP contribution in [0.2, 0.25) is 0 Å². The lowest BCUT2D eigenvalue weighted by molar-refractivity contribution is -0.123. The third-order valence-corrected chi connectivity index (χ3v) is 4.50. The molecule has 4 heteroatoms. The van der Waals surface area contributed by atoms with Gasteiger partial charge in [0.25, 0.3) is 0 Å². The molecule has 2 rings (SSSR count). The monoisotopic (exact) mass is 289 g/mol. The van der Waals surface area contributed by atoms with Gasteiger partial charge in [0.05, 0.1) is 12.6 Å². The summed E-state index contributed by atoms with van der Waals surface area (Å²) in [5.74, 6) is 0.628. The molecule has 4 nitrogen and oxygen atoms in total. The van der Waals surface area contributed by atoms with Crippen LogP contribution in [-0.4, -0.2) is 36.5 Å². The van der Waals surface area contributed by atoms with Gasteiger partial charge in [-0.15, -0.1) is 0 Å². The van der Waals surface area contributed by atoms with Crippen molar-refractivity contribution in [3.05, 3.63) is 35.4 Å². The third-order valence-electron chi connectivity index (χ3n) is 4.50. The maximum absolute atomic E-state index is 12.2. The lowest BCUT2D eigenvalue weighted by Gasteiger charge is -2.34. The Hall–Kier alpha value is -1.39. The minimum Gasteiger partial charge on any atom is -0.348 e. The molecule has 1 aliphatic heterocycles. The summed E-state index contributed by atoms with van der Waals surface area (Å²) in [7, 11) is 0. The van der Waals surface area contributed by atoms with Gasteiger partial charge in [-0.3, -0.25) is 9.69 Å². The predicted molar refractivity (Wildman–Crippen MR) is 85.9 cm³/mol. The number of aryl methyl sites for hydroxylation is 1. The van der Waals surface area contributed by atoms with Gasteiger partial charge in [0.15, 0.2) is 0 Å². The van der Waals surface area contributed by atoms with E-state index >= 15 is 0 Å². The first-order valence-corrected chi connectivity index (χ1v) is 7.80. The molecule has 0 bridgehead atoms. The largest absolute Gasteiger partial charge is 0.348 e. The van der Waals surface area contributed by atoms with Crippen molar-refractivity contribution in [2.45, 2.75) is 39.3 Å². The summed E-state index contributed by atoms with van der Waals surface area (Å²) >= 11 is 0. The van der Waals surface area contributed by atoms with Crippen LogP contribution in [0.1, 0.15) is 37.4 Å². The topological polar surface area (TPSA) is 58.4 Å². The molecule has 1 saturated heterocycles. The van der Waals surface area contributed by atoms with Crippen molar-refractivity contribution < 1.29 is 4.79 Å². The molecule has 3 atom stereocenters. The second-order valence-corrected chi connectivity index (χ2v) is 6.31. The zero-order valence-electron chi connectivity index (χ0n) is 13.3. The van der Waals surface area contributed by atoms with E-state index in [1.807, 2.05) is 19.1 Å². The van der Waals surface area contributed by atoms with Gasteiger partial charge in [0, 0.05) is 12.6 Å². The Bertz CT molecular complexity index is 489. The first-order valence-electron chi connectivity index (χ1n) is 7.80. The summed E-state index contributed by atoms with van der Waals surface area (Å²) in [6.45, 7) is 8.50. The van der Waals surface area contributed by atoms with Crippen molar-refractivity contribution in [1.29, 1.82) is 0 Å². The van der Waals surface area contributed by atoms with E-state index in [2.05, 4.69) is 36.2 Å². The number of amides is 1. The summed E-state index contributed by atoms with van der Waals surface area (Å²) in [6.07, 6.45) is 1.07. The first-order chi connectivity index (χ1) is 9.97. The number of rotatable bonds is 4. The van der Waals surface area contributed by atoms with E-state index in [1.165, 1.54) is 11.1 Å². The van der Waals surface area contributed by atoms with E-state index < -0.39 is 0 Å². The number of likely N-dealkylation sites (tertiary alicyclic amines) is 1. The Morgan fingerprint density at radius 2 is 2.19 bits per heavy atom. The normalized spacial score (nSPS) is 24.6. The highest BCUT2D eigenvalue weighted by Gasteiger charge is 2.24. The van der Waals surface area contributed by atoms with Crippen LogP contribution in [-0.2, 0) is 4.79 Å². The van der Waals surface area contributed by atoms with Crippen LogP contribution >= 0.6 is 0 Å². The Kier molecular flexibility index (Phi) is 5.37. The molecule has 1 aromatic carbocycles. The lowest BCUT2D eigenvalue weighted by Crippen LogP contribution is -2.50. The standard InChI is InChI=1S/C17H27N3O/c1-12-6-4-5-7-15(12)14(3)19-17(21)11-20-9-8-13(2)16(18)10-20/h4-7,13-14,16H,8-11,18H2,1-3H3,(H,19,21). The smallest absolute Gasteiger partial charge is 0.234 e. The zero-order chi connectivity index (χ0) is 15.4. The number of nitrogens with two attached hydrogens (primary N) is 1. The quantitative estimate of drug-likeness (QED) is 0.889. The number of carbonyl (C=O) groups is 1. The molecule has 1 heterocycles. The molecule has 0 aromatic heterocycles. The van der Waals surface area contributed by atoms with Crippen LogP contribution in [0.3, 0.4) is 0 Å². The summed E-state index contributed by atoms with van der Waals surface area (Å²) in [5.41, 5.74) is 8.47. The van der Waals surface area contributed by atoms with E-state index in [0.29, 0.717) is 12.5 Å². The summed E-state index contributed by atoms with van der Waals surface area (Å²) in [6, 6.07) is 8.39. The van der Waals surface area contributed by atoms with Crippen LogP contribution < -0.4 is 11.1 Å². The molecular weight excluding hydrogens is 262 g/mol. The molecule has 0 saturated carbocycles. The van der Waals surface area contributed by atoms with Crippen molar-refractivity contribution in [3.8, 4) is 0 Å². The van der Waals surface area contributed by atoms with Gasteiger partial charge in [-0.1, -0.05) is 31.2 Å². The number of piperidine rings is 1. The summed E-state index contributed by atoms with van der Waals surface area (Å²) in [4.78, 5) is 14.4. The van der Waals surface area contributed by atoms with Gasteiger partial charge in [-0.05, 0) is 43.9 Å². The maximum Gasteiger partial charge on any atom is 0.234 e. The van der Waals surface area contributed by atoms with Crippen LogP contribution in [0, 0.1) is 12.8 Å². The molecule has 1 amide bonds. The van der Waals surface area contributed by atoms with Gasteiger partial charge < -0.3 is 11.1 Å². The SMILES string of the molecule is Cc1ccccc1C(C)NC(=O)CN1CCC(C)C(N)C1. The average Bonchev–Trinajstić information content (AvgIpc) is 2.43. The fourth-order valence-electron chi connectivity index (χ4n) is 2.95. The average molecular weight is 289 g/mol. The van der Waals surface area contributed by atoms with Crippen LogP contribution in [0.4, 0.5) is 0 Å². The van der Waals surface area contributed by atoms with Crippen molar-refractivity contribution >= 4 is 5.91 Å². The number of hydrogen-bond donors (Lipinski definition) is 2. The highest BCUT2D eigenvalue weighted by molar-refractivity contribution is 5.78. The van der Waals surface area contributed by atoms with Crippen molar-refractivity contribution in [2.24, 2.45) is 11.7 Å². The molecule has 3 N–H and O–H groups in total. The van der Waals surface area contributed by atoms with Gasteiger partial charge in [-0.25, -0.2) is 0 Å². The fourth-order valence-corrected chi connectivity index (χ4v) is 2.95. The minimum absolute atomic E-state index is 0.0380. The first kappa shape index (κ1) is 16.0. The Morgan fingerprint density at radius 3 is 2.86 bits per heavy atom. The van der Waals surface area contributed by atoms with Gasteiger partial charge in [-0.2, -0.15) is 0 Å². The van der Waals surface area contributed by atoms with Crippen LogP contribution in [0.5, 0.6) is 0 Å². The summed E-state index contributed by atoms with van der Waals surface area (Å²) < 4.78 is 0. The third kappa shape index (κ3) is 4.29. The van der Waals surface area contributed by atoms with Crippen LogP contribution in [0.25, 0.3) is 0 Å². The number of nitrogens with zero attached hydrogens (tertiary/aromatic N) is 1. The number of benzene rings is 1. The van der Waals surface area contributed by atoms with Gasteiger partial charge in [0.2, 0.25) is 5.91 Å². The second-order valence-electron chi connectivity index (χ2n) is 6.31. The zero-order valence-corrected chi connectivity index (χ0v) is 13.3. The highest BCUT2D eigenvalue weighted by Crippen LogP contribution is 2.17. The lowest BCUT2D eigenvalue weighted by atomic mass is 9.94. The van der Waals surface area contributed by atoms with E-state index in [0.717, 1.165) is 19.5 Å². The van der Waals surface area contributed by atoms with Crippen molar-refractivity contribution in [3.63, 3.8) is 0 Å². The molecule has 116 valence electrons. The molecule has 1 aliphatic rings. The second kappa shape index (κ2) is 7.05. The molecule has 1 aromatic rings.